The average Bonchev–Trinajstić information content (AvgIpc) is 2.18. The molecule has 0 saturated heterocycles. The molecule has 0 unspecified atom stereocenters. The fraction of sp³-hybridized carbons (Fsp3) is 0.200. The van der Waals surface area contributed by atoms with Gasteiger partial charge in [-0.2, -0.15) is 0 Å². The molecule has 0 N–H and O–H groups in total. The smallest absolute Gasteiger partial charge is 0.316 e. The molecule has 0 spiro atoms. The molecule has 1 amide bonds. The molecule has 1 aromatic carbocycles. The fourth-order valence-electron chi connectivity index (χ4n) is 1.05. The van der Waals surface area contributed by atoms with Crippen molar-refractivity contribution < 1.29 is 9.59 Å². The molecule has 0 aliphatic rings. The van der Waals surface area contributed by atoms with Crippen molar-refractivity contribution in [2.45, 2.75) is 0 Å². The molecule has 0 aliphatic carbocycles. The molecule has 15 heavy (non-hydrogen) atoms. The van der Waals surface area contributed by atoms with E-state index in [1.165, 1.54) is 7.05 Å². The zero-order valence-electron chi connectivity index (χ0n) is 8.04. The van der Waals surface area contributed by atoms with Crippen LogP contribution < -0.4 is 0 Å². The summed E-state index contributed by atoms with van der Waals surface area (Å²) in [7, 11) is 1.45. The highest BCUT2D eigenvalue weighted by Gasteiger charge is 2.14. The Balaban J connectivity index is 2.78. The van der Waals surface area contributed by atoms with Crippen LogP contribution in [0.1, 0.15) is 10.4 Å². The second-order valence-corrected chi connectivity index (χ2v) is 3.74. The quantitative estimate of drug-likeness (QED) is 0.467. The molecular weight excluding hydrogens is 237 g/mol. The average molecular weight is 246 g/mol. The van der Waals surface area contributed by atoms with Gasteiger partial charge in [0.05, 0.1) is 11.6 Å². The van der Waals surface area contributed by atoms with Crippen molar-refractivity contribution in [2.24, 2.45) is 0 Å². The third kappa shape index (κ3) is 3.22. The molecular formula is C10H9Cl2NO2. The Labute approximate surface area is 97.6 Å². The Morgan fingerprint density at radius 2 is 1.93 bits per heavy atom. The Kier molecular flexibility index (Phi) is 4.12. The van der Waals surface area contributed by atoms with Gasteiger partial charge < -0.3 is 4.90 Å². The fourth-order valence-corrected chi connectivity index (χ4v) is 1.35. The van der Waals surface area contributed by atoms with E-state index in [0.717, 1.165) is 4.90 Å². The summed E-state index contributed by atoms with van der Waals surface area (Å²) in [5, 5.41) is -0.298. The summed E-state index contributed by atoms with van der Waals surface area (Å²) in [5.74, 6) is -0.239. The van der Waals surface area contributed by atoms with Crippen molar-refractivity contribution in [1.82, 2.24) is 4.90 Å². The molecule has 0 atom stereocenters. The lowest BCUT2D eigenvalue weighted by atomic mass is 10.1. The Bertz CT molecular complexity index is 393. The molecule has 80 valence electrons. The van der Waals surface area contributed by atoms with Crippen LogP contribution in [0.15, 0.2) is 24.3 Å². The highest BCUT2D eigenvalue weighted by Crippen LogP contribution is 2.15. The number of nitrogens with zero attached hydrogens (tertiary/aromatic N) is 1. The number of halogens is 2. The van der Waals surface area contributed by atoms with Crippen molar-refractivity contribution >= 4 is 34.4 Å². The second kappa shape index (κ2) is 5.14. The Hall–Kier alpha value is -1.06. The van der Waals surface area contributed by atoms with E-state index in [4.69, 9.17) is 23.2 Å². The van der Waals surface area contributed by atoms with Gasteiger partial charge in [-0.25, -0.2) is 0 Å². The van der Waals surface area contributed by atoms with Crippen LogP contribution in [-0.2, 0) is 0 Å². The van der Waals surface area contributed by atoms with Crippen LogP contribution in [0.5, 0.6) is 0 Å². The highest BCUT2D eigenvalue weighted by molar-refractivity contribution is 6.62. The van der Waals surface area contributed by atoms with Gasteiger partial charge in [-0.05, 0) is 23.7 Å². The van der Waals surface area contributed by atoms with E-state index in [9.17, 15) is 9.59 Å². The molecule has 0 bridgehead atoms. The zero-order chi connectivity index (χ0) is 11.4. The monoisotopic (exact) mass is 245 g/mol. The normalized spacial score (nSPS) is 9.80. The van der Waals surface area contributed by atoms with Crippen LogP contribution in [0.25, 0.3) is 0 Å². The first-order valence-corrected chi connectivity index (χ1v) is 4.96. The SMILES string of the molecule is CN(CC(=O)c1ccccc1Cl)C(=O)Cl. The molecule has 0 radical (unpaired) electrons. The van der Waals surface area contributed by atoms with E-state index in [0.29, 0.717) is 10.6 Å². The predicted molar refractivity (Wildman–Crippen MR) is 59.7 cm³/mol. The number of amides is 1. The first kappa shape index (κ1) is 12.0. The number of benzene rings is 1. The summed E-state index contributed by atoms with van der Waals surface area (Å²) in [5.41, 5.74) is 0.393. The molecule has 0 fully saturated rings. The van der Waals surface area contributed by atoms with Gasteiger partial charge in [0.1, 0.15) is 0 Å². The molecule has 1 rings (SSSR count). The maximum absolute atomic E-state index is 11.6. The van der Waals surface area contributed by atoms with Crippen molar-refractivity contribution in [3.8, 4) is 0 Å². The minimum Gasteiger partial charge on any atom is -0.325 e. The van der Waals surface area contributed by atoms with Crippen LogP contribution >= 0.6 is 23.2 Å². The molecule has 5 heteroatoms. The summed E-state index contributed by atoms with van der Waals surface area (Å²) in [6.45, 7) is -0.0773. The van der Waals surface area contributed by atoms with Gasteiger partial charge in [-0.3, -0.25) is 9.59 Å². The van der Waals surface area contributed by atoms with Gasteiger partial charge in [0.15, 0.2) is 5.78 Å². The van der Waals surface area contributed by atoms with E-state index in [2.05, 4.69) is 0 Å². The topological polar surface area (TPSA) is 37.4 Å². The van der Waals surface area contributed by atoms with E-state index < -0.39 is 5.37 Å². The van der Waals surface area contributed by atoms with E-state index in [-0.39, 0.29) is 12.3 Å². The summed E-state index contributed by atoms with van der Waals surface area (Å²) in [6.07, 6.45) is 0. The predicted octanol–water partition coefficient (Wildman–Crippen LogP) is 2.81. The number of Topliss-reactive ketones (excluding diaryl/α,β-unsaturated/α-hetero) is 1. The number of carbonyl (C=O) groups is 2. The van der Waals surface area contributed by atoms with Gasteiger partial charge in [-0.1, -0.05) is 23.7 Å². The van der Waals surface area contributed by atoms with Gasteiger partial charge >= 0.3 is 5.37 Å². The van der Waals surface area contributed by atoms with E-state index in [1.54, 1.807) is 24.3 Å². The first-order chi connectivity index (χ1) is 7.02. The second-order valence-electron chi connectivity index (χ2n) is 3.01. The minimum atomic E-state index is -0.671. The zero-order valence-corrected chi connectivity index (χ0v) is 9.55. The van der Waals surface area contributed by atoms with Gasteiger partial charge in [0.25, 0.3) is 0 Å². The number of likely N-dealkylation sites (N-methyl/N-ethyl adjacent to an activating group) is 1. The standard InChI is InChI=1S/C10H9Cl2NO2/c1-13(10(12)15)6-9(14)7-4-2-3-5-8(7)11/h2-5H,6H2,1H3. The first-order valence-electron chi connectivity index (χ1n) is 4.20. The van der Waals surface area contributed by atoms with Gasteiger partial charge in [0.2, 0.25) is 0 Å². The van der Waals surface area contributed by atoms with Crippen LogP contribution in [0.4, 0.5) is 4.79 Å². The van der Waals surface area contributed by atoms with Crippen molar-refractivity contribution in [1.29, 1.82) is 0 Å². The maximum atomic E-state index is 11.6. The number of hydrogen-bond donors (Lipinski definition) is 0. The largest absolute Gasteiger partial charge is 0.325 e. The van der Waals surface area contributed by atoms with Crippen molar-refractivity contribution in [3.05, 3.63) is 34.9 Å². The van der Waals surface area contributed by atoms with Gasteiger partial charge in [-0.15, -0.1) is 0 Å². The lowest BCUT2D eigenvalue weighted by Crippen LogP contribution is -2.28. The molecule has 0 aromatic heterocycles. The lowest BCUT2D eigenvalue weighted by Gasteiger charge is -2.12. The molecule has 0 heterocycles. The number of hydrogen-bond acceptors (Lipinski definition) is 2. The third-order valence-corrected chi connectivity index (χ3v) is 2.47. The van der Waals surface area contributed by atoms with Crippen LogP contribution in [-0.4, -0.2) is 29.6 Å². The highest BCUT2D eigenvalue weighted by atomic mass is 35.5. The molecule has 1 aromatic rings. The van der Waals surface area contributed by atoms with E-state index in [1.807, 2.05) is 0 Å². The summed E-state index contributed by atoms with van der Waals surface area (Å²) in [4.78, 5) is 23.5. The third-order valence-electron chi connectivity index (χ3n) is 1.86. The Morgan fingerprint density at radius 3 is 2.47 bits per heavy atom. The Morgan fingerprint density at radius 1 is 1.33 bits per heavy atom. The van der Waals surface area contributed by atoms with Crippen molar-refractivity contribution in [3.63, 3.8) is 0 Å². The van der Waals surface area contributed by atoms with E-state index >= 15 is 0 Å². The summed E-state index contributed by atoms with van der Waals surface area (Å²) >= 11 is 11.0. The van der Waals surface area contributed by atoms with Crippen LogP contribution in [0, 0.1) is 0 Å². The molecule has 3 nitrogen and oxygen atoms in total. The summed E-state index contributed by atoms with van der Waals surface area (Å²) < 4.78 is 0. The number of ketones is 1. The summed E-state index contributed by atoms with van der Waals surface area (Å²) in [6, 6.07) is 6.67. The van der Waals surface area contributed by atoms with Gasteiger partial charge in [0, 0.05) is 12.6 Å². The number of rotatable bonds is 3. The minimum absolute atomic E-state index is 0.0773. The maximum Gasteiger partial charge on any atom is 0.316 e. The lowest BCUT2D eigenvalue weighted by molar-refractivity contribution is 0.0961. The van der Waals surface area contributed by atoms with Crippen LogP contribution in [0.2, 0.25) is 5.02 Å². The molecule has 0 aliphatic heterocycles. The number of carbonyl (C=O) groups excluding carboxylic acids is 2. The van der Waals surface area contributed by atoms with Crippen LogP contribution in [0.3, 0.4) is 0 Å². The van der Waals surface area contributed by atoms with Crippen molar-refractivity contribution in [2.75, 3.05) is 13.6 Å². The molecule has 0 saturated carbocycles.